The predicted octanol–water partition coefficient (Wildman–Crippen LogP) is 2.35. The van der Waals surface area contributed by atoms with Gasteiger partial charge in [0.15, 0.2) is 0 Å². The molecule has 0 aromatic heterocycles. The molecule has 1 N–H and O–H groups in total. The molecule has 0 radical (unpaired) electrons. The summed E-state index contributed by atoms with van der Waals surface area (Å²) in [6.07, 6.45) is 0. The largest absolute Gasteiger partial charge is 0.494 e. The third kappa shape index (κ3) is 2.85. The van der Waals surface area contributed by atoms with Gasteiger partial charge in [-0.2, -0.15) is 0 Å². The molecule has 100 valence electrons. The maximum absolute atomic E-state index is 5.57. The molecule has 3 heteroatoms. The van der Waals surface area contributed by atoms with Gasteiger partial charge in [-0.15, -0.1) is 0 Å². The lowest BCUT2D eigenvalue weighted by Gasteiger charge is -2.42. The summed E-state index contributed by atoms with van der Waals surface area (Å²) in [7, 11) is 0. The molecule has 18 heavy (non-hydrogen) atoms. The van der Waals surface area contributed by atoms with E-state index in [0.717, 1.165) is 25.5 Å². The summed E-state index contributed by atoms with van der Waals surface area (Å²) >= 11 is 0. The van der Waals surface area contributed by atoms with E-state index in [1.165, 1.54) is 5.56 Å². The second-order valence-corrected chi connectivity index (χ2v) is 5.27. The fraction of sp³-hybridized carbons (Fsp3) is 0.600. The molecule has 0 atom stereocenters. The van der Waals surface area contributed by atoms with Gasteiger partial charge in [0.1, 0.15) is 5.75 Å². The van der Waals surface area contributed by atoms with Gasteiger partial charge in [-0.1, -0.05) is 26.0 Å². The molecule has 1 aromatic carbocycles. The summed E-state index contributed by atoms with van der Waals surface area (Å²) in [6, 6.07) is 8.89. The zero-order chi connectivity index (χ0) is 13.0. The zero-order valence-electron chi connectivity index (χ0n) is 11.5. The Kier molecular flexibility index (Phi) is 4.25. The van der Waals surface area contributed by atoms with E-state index in [-0.39, 0.29) is 5.41 Å². The number of nitrogens with one attached hydrogen (secondary N) is 1. The van der Waals surface area contributed by atoms with Crippen molar-refractivity contribution in [2.45, 2.75) is 32.2 Å². The first-order chi connectivity index (χ1) is 8.66. The lowest BCUT2D eigenvalue weighted by atomic mass is 9.78. The SMILES string of the molecule is CCOc1cccc(C2(CNC(C)C)COC2)c1. The topological polar surface area (TPSA) is 30.5 Å². The highest BCUT2D eigenvalue weighted by Crippen LogP contribution is 2.33. The van der Waals surface area contributed by atoms with E-state index in [0.29, 0.717) is 12.6 Å². The molecule has 0 amide bonds. The fourth-order valence-electron chi connectivity index (χ4n) is 2.20. The average Bonchev–Trinajstić information content (AvgIpc) is 2.28. The van der Waals surface area contributed by atoms with Crippen molar-refractivity contribution in [3.8, 4) is 5.75 Å². The van der Waals surface area contributed by atoms with E-state index < -0.39 is 0 Å². The van der Waals surface area contributed by atoms with Crippen LogP contribution in [0.2, 0.25) is 0 Å². The van der Waals surface area contributed by atoms with Crippen LogP contribution in [0.4, 0.5) is 0 Å². The molecule has 1 heterocycles. The third-order valence-corrected chi connectivity index (χ3v) is 3.36. The van der Waals surface area contributed by atoms with E-state index in [1.54, 1.807) is 0 Å². The van der Waals surface area contributed by atoms with Crippen molar-refractivity contribution in [1.29, 1.82) is 0 Å². The van der Waals surface area contributed by atoms with Crippen molar-refractivity contribution in [2.75, 3.05) is 26.4 Å². The van der Waals surface area contributed by atoms with Crippen LogP contribution < -0.4 is 10.1 Å². The summed E-state index contributed by atoms with van der Waals surface area (Å²) in [5.41, 5.74) is 1.44. The molecular formula is C15H23NO2. The molecule has 1 saturated heterocycles. The van der Waals surface area contributed by atoms with E-state index >= 15 is 0 Å². The van der Waals surface area contributed by atoms with Crippen LogP contribution in [0.3, 0.4) is 0 Å². The molecule has 0 saturated carbocycles. The van der Waals surface area contributed by atoms with Crippen molar-refractivity contribution in [1.82, 2.24) is 5.32 Å². The molecule has 0 spiro atoms. The Balaban J connectivity index is 2.13. The van der Waals surface area contributed by atoms with Crippen LogP contribution in [0, 0.1) is 0 Å². The number of hydrogen-bond acceptors (Lipinski definition) is 3. The van der Waals surface area contributed by atoms with Gasteiger partial charge in [0.25, 0.3) is 0 Å². The van der Waals surface area contributed by atoms with E-state index in [4.69, 9.17) is 9.47 Å². The normalized spacial score (nSPS) is 17.6. The van der Waals surface area contributed by atoms with Crippen LogP contribution in [-0.4, -0.2) is 32.4 Å². The van der Waals surface area contributed by atoms with Gasteiger partial charge in [-0.3, -0.25) is 0 Å². The Morgan fingerprint density at radius 1 is 1.39 bits per heavy atom. The van der Waals surface area contributed by atoms with E-state index in [9.17, 15) is 0 Å². The standard InChI is InChI=1S/C15H23NO2/c1-4-18-14-7-5-6-13(8-14)15(10-17-11-15)9-16-12(2)3/h5-8,12,16H,4,9-11H2,1-3H3. The summed E-state index contributed by atoms with van der Waals surface area (Å²) in [5.74, 6) is 0.950. The number of ether oxygens (including phenoxy) is 2. The van der Waals surface area contributed by atoms with E-state index in [1.807, 2.05) is 13.0 Å². The Morgan fingerprint density at radius 2 is 2.17 bits per heavy atom. The van der Waals surface area contributed by atoms with Crippen LogP contribution in [-0.2, 0) is 10.2 Å². The molecular weight excluding hydrogens is 226 g/mol. The minimum atomic E-state index is 0.122. The van der Waals surface area contributed by atoms with Crippen molar-refractivity contribution in [3.05, 3.63) is 29.8 Å². The molecule has 1 aromatic rings. The minimum Gasteiger partial charge on any atom is -0.494 e. The van der Waals surface area contributed by atoms with Crippen molar-refractivity contribution in [2.24, 2.45) is 0 Å². The van der Waals surface area contributed by atoms with Gasteiger partial charge in [0, 0.05) is 12.6 Å². The summed E-state index contributed by atoms with van der Waals surface area (Å²) in [6.45, 7) is 9.60. The summed E-state index contributed by atoms with van der Waals surface area (Å²) in [4.78, 5) is 0. The Bertz CT molecular complexity index is 386. The molecule has 1 aliphatic heterocycles. The van der Waals surface area contributed by atoms with Crippen molar-refractivity contribution < 1.29 is 9.47 Å². The molecule has 3 nitrogen and oxygen atoms in total. The Labute approximate surface area is 109 Å². The van der Waals surface area contributed by atoms with Crippen molar-refractivity contribution in [3.63, 3.8) is 0 Å². The van der Waals surface area contributed by atoms with Crippen molar-refractivity contribution >= 4 is 0 Å². The molecule has 0 unspecified atom stereocenters. The first-order valence-electron chi connectivity index (χ1n) is 6.71. The quantitative estimate of drug-likeness (QED) is 0.839. The first kappa shape index (κ1) is 13.4. The fourth-order valence-corrected chi connectivity index (χ4v) is 2.20. The highest BCUT2D eigenvalue weighted by molar-refractivity contribution is 5.36. The Morgan fingerprint density at radius 3 is 2.72 bits per heavy atom. The van der Waals surface area contributed by atoms with Gasteiger partial charge in [-0.25, -0.2) is 0 Å². The summed E-state index contributed by atoms with van der Waals surface area (Å²) in [5, 5.41) is 3.52. The second-order valence-electron chi connectivity index (χ2n) is 5.27. The van der Waals surface area contributed by atoms with Gasteiger partial charge in [-0.05, 0) is 24.6 Å². The molecule has 0 bridgehead atoms. The number of rotatable bonds is 6. The number of hydrogen-bond donors (Lipinski definition) is 1. The monoisotopic (exact) mass is 249 g/mol. The van der Waals surface area contributed by atoms with E-state index in [2.05, 4.69) is 37.4 Å². The highest BCUT2D eigenvalue weighted by Gasteiger charge is 2.40. The highest BCUT2D eigenvalue weighted by atomic mass is 16.5. The maximum Gasteiger partial charge on any atom is 0.119 e. The molecule has 1 fully saturated rings. The maximum atomic E-state index is 5.57. The third-order valence-electron chi connectivity index (χ3n) is 3.36. The molecule has 1 aliphatic rings. The van der Waals surface area contributed by atoms with Crippen LogP contribution in [0.5, 0.6) is 5.75 Å². The first-order valence-corrected chi connectivity index (χ1v) is 6.71. The lowest BCUT2D eigenvalue weighted by molar-refractivity contribution is -0.0597. The van der Waals surface area contributed by atoms with Crippen LogP contribution in [0.15, 0.2) is 24.3 Å². The van der Waals surface area contributed by atoms with Gasteiger partial charge >= 0.3 is 0 Å². The molecule has 0 aliphatic carbocycles. The molecule has 2 rings (SSSR count). The predicted molar refractivity (Wildman–Crippen MR) is 73.2 cm³/mol. The summed E-state index contributed by atoms with van der Waals surface area (Å²) < 4.78 is 11.0. The van der Waals surface area contributed by atoms with Gasteiger partial charge in [0.05, 0.1) is 25.2 Å². The number of benzene rings is 1. The average molecular weight is 249 g/mol. The van der Waals surface area contributed by atoms with Crippen LogP contribution in [0.25, 0.3) is 0 Å². The van der Waals surface area contributed by atoms with Crippen LogP contribution >= 0.6 is 0 Å². The Hall–Kier alpha value is -1.06. The smallest absolute Gasteiger partial charge is 0.119 e. The van der Waals surface area contributed by atoms with Gasteiger partial charge in [0.2, 0.25) is 0 Å². The second kappa shape index (κ2) is 5.72. The van der Waals surface area contributed by atoms with Crippen LogP contribution in [0.1, 0.15) is 26.3 Å². The van der Waals surface area contributed by atoms with Gasteiger partial charge < -0.3 is 14.8 Å². The lowest BCUT2D eigenvalue weighted by Crippen LogP contribution is -2.54. The minimum absolute atomic E-state index is 0.122. The zero-order valence-corrected chi connectivity index (χ0v) is 11.5.